The van der Waals surface area contributed by atoms with Gasteiger partial charge in [-0.2, -0.15) is 0 Å². The quantitative estimate of drug-likeness (QED) is 0.583. The van der Waals surface area contributed by atoms with Crippen LogP contribution in [0, 0.1) is 11.3 Å². The van der Waals surface area contributed by atoms with Crippen LogP contribution in [0.25, 0.3) is 0 Å². The Morgan fingerprint density at radius 1 is 1.15 bits per heavy atom. The summed E-state index contributed by atoms with van der Waals surface area (Å²) in [4.78, 5) is 0. The lowest BCUT2D eigenvalue weighted by Gasteiger charge is -2.49. The van der Waals surface area contributed by atoms with Gasteiger partial charge in [0.2, 0.25) is 0 Å². The molecule has 1 aliphatic heterocycles. The molecular formula is C23H39NO2. The van der Waals surface area contributed by atoms with Crippen LogP contribution in [-0.2, 0) is 11.3 Å². The molecule has 1 aliphatic rings. The Labute approximate surface area is 160 Å². The highest BCUT2D eigenvalue weighted by molar-refractivity contribution is 5.27. The van der Waals surface area contributed by atoms with E-state index in [9.17, 15) is 0 Å². The molecule has 0 aromatic heterocycles. The molecule has 1 saturated heterocycles. The Kier molecular flexibility index (Phi) is 7.54. The summed E-state index contributed by atoms with van der Waals surface area (Å²) >= 11 is 0. The van der Waals surface area contributed by atoms with Crippen LogP contribution in [0.4, 0.5) is 0 Å². The molecule has 1 N–H and O–H groups in total. The summed E-state index contributed by atoms with van der Waals surface area (Å²) in [6.07, 6.45) is 4.90. The number of hydrogen-bond acceptors (Lipinski definition) is 3. The van der Waals surface area contributed by atoms with Crippen LogP contribution in [-0.4, -0.2) is 24.9 Å². The predicted molar refractivity (Wildman–Crippen MR) is 110 cm³/mol. The molecule has 1 aromatic rings. The Morgan fingerprint density at radius 2 is 1.85 bits per heavy atom. The molecule has 3 heteroatoms. The molecule has 3 nitrogen and oxygen atoms in total. The second-order valence-corrected chi connectivity index (χ2v) is 8.83. The van der Waals surface area contributed by atoms with Gasteiger partial charge in [0.1, 0.15) is 5.75 Å². The third-order valence-corrected chi connectivity index (χ3v) is 6.17. The summed E-state index contributed by atoms with van der Waals surface area (Å²) < 4.78 is 11.8. The van der Waals surface area contributed by atoms with Crippen LogP contribution in [0.15, 0.2) is 24.3 Å². The summed E-state index contributed by atoms with van der Waals surface area (Å²) in [5.41, 5.74) is 1.75. The minimum atomic E-state index is 0.0504. The lowest BCUT2D eigenvalue weighted by molar-refractivity contribution is -0.132. The highest BCUT2D eigenvalue weighted by atomic mass is 16.5. The molecule has 1 aromatic carbocycles. The maximum atomic E-state index is 6.10. The number of nitrogens with one attached hydrogen (secondary N) is 1. The SMILES string of the molecule is CCC1(C)CC(CCNCc2ccc(OC(C)C)cc2)(C(C)C)CCO1. The average Bonchev–Trinajstić information content (AvgIpc) is 2.59. The molecule has 0 radical (unpaired) electrons. The van der Waals surface area contributed by atoms with Crippen molar-refractivity contribution in [3.63, 3.8) is 0 Å². The van der Waals surface area contributed by atoms with Gasteiger partial charge in [-0.05, 0) is 82.0 Å². The number of hydrogen-bond donors (Lipinski definition) is 1. The molecule has 1 heterocycles. The topological polar surface area (TPSA) is 30.5 Å². The van der Waals surface area contributed by atoms with Crippen molar-refractivity contribution in [2.75, 3.05) is 13.2 Å². The van der Waals surface area contributed by atoms with Crippen LogP contribution in [0.1, 0.15) is 72.8 Å². The number of rotatable bonds is 9. The molecule has 148 valence electrons. The highest BCUT2D eigenvalue weighted by Gasteiger charge is 2.43. The fraction of sp³-hybridized carbons (Fsp3) is 0.739. The zero-order valence-corrected chi connectivity index (χ0v) is 17.7. The monoisotopic (exact) mass is 361 g/mol. The molecule has 0 spiro atoms. The van der Waals surface area contributed by atoms with Gasteiger partial charge in [0.15, 0.2) is 0 Å². The van der Waals surface area contributed by atoms with Crippen LogP contribution in [0.3, 0.4) is 0 Å². The summed E-state index contributed by atoms with van der Waals surface area (Å²) in [7, 11) is 0. The van der Waals surface area contributed by atoms with Gasteiger partial charge in [0, 0.05) is 13.2 Å². The van der Waals surface area contributed by atoms with Gasteiger partial charge >= 0.3 is 0 Å². The normalized spacial score (nSPS) is 26.5. The fourth-order valence-corrected chi connectivity index (χ4v) is 4.13. The van der Waals surface area contributed by atoms with E-state index in [0.717, 1.165) is 31.9 Å². The summed E-state index contributed by atoms with van der Waals surface area (Å²) in [5.74, 6) is 1.63. The van der Waals surface area contributed by atoms with Gasteiger partial charge in [0.05, 0.1) is 11.7 Å². The van der Waals surface area contributed by atoms with Crippen molar-refractivity contribution in [2.45, 2.75) is 85.5 Å². The van der Waals surface area contributed by atoms with Crippen LogP contribution in [0.5, 0.6) is 5.75 Å². The molecule has 0 aliphatic carbocycles. The van der Waals surface area contributed by atoms with Gasteiger partial charge in [-0.3, -0.25) is 0 Å². The van der Waals surface area contributed by atoms with Crippen molar-refractivity contribution >= 4 is 0 Å². The first-order valence-electron chi connectivity index (χ1n) is 10.4. The highest BCUT2D eigenvalue weighted by Crippen LogP contribution is 2.47. The van der Waals surface area contributed by atoms with Crippen molar-refractivity contribution < 1.29 is 9.47 Å². The van der Waals surface area contributed by atoms with Gasteiger partial charge in [0.25, 0.3) is 0 Å². The van der Waals surface area contributed by atoms with E-state index in [1.54, 1.807) is 0 Å². The van der Waals surface area contributed by atoms with E-state index in [-0.39, 0.29) is 11.7 Å². The molecule has 2 atom stereocenters. The third-order valence-electron chi connectivity index (χ3n) is 6.17. The Balaban J connectivity index is 1.85. The molecule has 26 heavy (non-hydrogen) atoms. The van der Waals surface area contributed by atoms with Gasteiger partial charge < -0.3 is 14.8 Å². The Bertz CT molecular complexity index is 540. The second kappa shape index (κ2) is 9.23. The fourth-order valence-electron chi connectivity index (χ4n) is 4.13. The lowest BCUT2D eigenvalue weighted by atomic mass is 9.64. The summed E-state index contributed by atoms with van der Waals surface area (Å²) in [5, 5.41) is 3.65. The molecule has 2 rings (SSSR count). The molecule has 1 fully saturated rings. The van der Waals surface area contributed by atoms with Crippen LogP contribution >= 0.6 is 0 Å². The van der Waals surface area contributed by atoms with Crippen molar-refractivity contribution in [3.05, 3.63) is 29.8 Å². The first kappa shape index (κ1) is 21.2. The van der Waals surface area contributed by atoms with Crippen LogP contribution in [0.2, 0.25) is 0 Å². The van der Waals surface area contributed by atoms with Crippen LogP contribution < -0.4 is 10.1 Å². The van der Waals surface area contributed by atoms with E-state index in [4.69, 9.17) is 9.47 Å². The molecule has 0 amide bonds. The Morgan fingerprint density at radius 3 is 2.42 bits per heavy atom. The maximum absolute atomic E-state index is 6.10. The number of ether oxygens (including phenoxy) is 2. The van der Waals surface area contributed by atoms with Crippen molar-refractivity contribution in [2.24, 2.45) is 11.3 Å². The minimum Gasteiger partial charge on any atom is -0.491 e. The van der Waals surface area contributed by atoms with E-state index >= 15 is 0 Å². The standard InChI is InChI=1S/C23H39NO2/c1-7-22(6)17-23(18(2)3,13-15-25-22)12-14-24-16-20-8-10-21(11-9-20)26-19(4)5/h8-11,18-19,24H,7,12-17H2,1-6H3. The molecule has 2 unspecified atom stereocenters. The first-order chi connectivity index (χ1) is 12.3. The number of benzene rings is 1. The van der Waals surface area contributed by atoms with E-state index < -0.39 is 0 Å². The third kappa shape index (κ3) is 5.72. The van der Waals surface area contributed by atoms with E-state index in [2.05, 4.69) is 71.1 Å². The maximum Gasteiger partial charge on any atom is 0.119 e. The summed E-state index contributed by atoms with van der Waals surface area (Å²) in [6.45, 7) is 16.3. The van der Waals surface area contributed by atoms with E-state index in [1.807, 2.05) is 0 Å². The first-order valence-corrected chi connectivity index (χ1v) is 10.4. The van der Waals surface area contributed by atoms with Crippen molar-refractivity contribution in [1.82, 2.24) is 5.32 Å². The van der Waals surface area contributed by atoms with Gasteiger partial charge in [-0.1, -0.05) is 32.9 Å². The minimum absolute atomic E-state index is 0.0504. The molecule has 0 saturated carbocycles. The van der Waals surface area contributed by atoms with Gasteiger partial charge in [-0.25, -0.2) is 0 Å². The van der Waals surface area contributed by atoms with E-state index in [1.165, 1.54) is 24.8 Å². The average molecular weight is 362 g/mol. The molecule has 0 bridgehead atoms. The predicted octanol–water partition coefficient (Wildman–Crippen LogP) is 5.58. The van der Waals surface area contributed by atoms with Crippen molar-refractivity contribution in [1.29, 1.82) is 0 Å². The second-order valence-electron chi connectivity index (χ2n) is 8.83. The van der Waals surface area contributed by atoms with E-state index in [0.29, 0.717) is 11.3 Å². The van der Waals surface area contributed by atoms with Gasteiger partial charge in [-0.15, -0.1) is 0 Å². The summed E-state index contributed by atoms with van der Waals surface area (Å²) in [6, 6.07) is 8.45. The van der Waals surface area contributed by atoms with Crippen molar-refractivity contribution in [3.8, 4) is 5.75 Å². The zero-order valence-electron chi connectivity index (χ0n) is 17.7. The lowest BCUT2D eigenvalue weighted by Crippen LogP contribution is -2.46. The largest absolute Gasteiger partial charge is 0.491 e. The smallest absolute Gasteiger partial charge is 0.119 e. The Hall–Kier alpha value is -1.06. The molecular weight excluding hydrogens is 322 g/mol. The zero-order chi connectivity index (χ0) is 19.2.